The second-order valence-corrected chi connectivity index (χ2v) is 7.23. The van der Waals surface area contributed by atoms with Crippen LogP contribution in [0.4, 0.5) is 5.69 Å². The molecule has 2 aromatic carbocycles. The summed E-state index contributed by atoms with van der Waals surface area (Å²) < 4.78 is 0. The molecule has 0 radical (unpaired) electrons. The summed E-state index contributed by atoms with van der Waals surface area (Å²) in [5, 5.41) is 3.62. The van der Waals surface area contributed by atoms with Crippen LogP contribution in [0.25, 0.3) is 0 Å². The fourth-order valence-electron chi connectivity index (χ4n) is 3.27. The van der Waals surface area contributed by atoms with Gasteiger partial charge in [0, 0.05) is 56.9 Å². The molecule has 1 N–H and O–H groups in total. The Morgan fingerprint density at radius 2 is 1.58 bits per heavy atom. The highest BCUT2D eigenvalue weighted by molar-refractivity contribution is 6.30. The minimum atomic E-state index is 0.0272. The molecule has 26 heavy (non-hydrogen) atoms. The van der Waals surface area contributed by atoms with E-state index in [9.17, 15) is 4.79 Å². The minimum Gasteiger partial charge on any atom is -0.369 e. The zero-order valence-electron chi connectivity index (χ0n) is 15.2. The average Bonchev–Trinajstić information content (AvgIpc) is 2.64. The van der Waals surface area contributed by atoms with Gasteiger partial charge in [-0.3, -0.25) is 9.69 Å². The number of nitrogens with zero attached hydrogens (tertiary/aromatic N) is 2. The van der Waals surface area contributed by atoms with Gasteiger partial charge in [0.05, 0.1) is 0 Å². The van der Waals surface area contributed by atoms with Crippen LogP contribution < -0.4 is 10.2 Å². The van der Waals surface area contributed by atoms with Crippen molar-refractivity contribution in [2.24, 2.45) is 0 Å². The maximum atomic E-state index is 10.9. The van der Waals surface area contributed by atoms with Crippen molar-refractivity contribution in [3.05, 3.63) is 64.7 Å². The van der Waals surface area contributed by atoms with Gasteiger partial charge in [0.15, 0.2) is 0 Å². The van der Waals surface area contributed by atoms with E-state index in [2.05, 4.69) is 51.5 Å². The van der Waals surface area contributed by atoms with Crippen molar-refractivity contribution in [1.29, 1.82) is 0 Å². The molecule has 0 aliphatic carbocycles. The molecule has 0 unspecified atom stereocenters. The normalized spacial score (nSPS) is 15.1. The molecule has 1 aliphatic heterocycles. The lowest BCUT2D eigenvalue weighted by molar-refractivity contribution is -0.118. The number of amides is 1. The summed E-state index contributed by atoms with van der Waals surface area (Å²) in [4.78, 5) is 15.8. The molecule has 0 saturated carbocycles. The summed E-state index contributed by atoms with van der Waals surface area (Å²) >= 11 is 5.97. The zero-order valence-corrected chi connectivity index (χ0v) is 16.0. The number of benzene rings is 2. The van der Waals surface area contributed by atoms with E-state index in [-0.39, 0.29) is 5.91 Å². The largest absolute Gasteiger partial charge is 0.369 e. The molecule has 4 nitrogen and oxygen atoms in total. The quantitative estimate of drug-likeness (QED) is 0.845. The number of hydrogen-bond donors (Lipinski definition) is 1. The molecule has 138 valence electrons. The van der Waals surface area contributed by atoms with E-state index >= 15 is 0 Å². The van der Waals surface area contributed by atoms with Gasteiger partial charge in [-0.2, -0.15) is 0 Å². The maximum absolute atomic E-state index is 10.9. The molecule has 0 aromatic heterocycles. The number of halogens is 1. The van der Waals surface area contributed by atoms with Gasteiger partial charge >= 0.3 is 0 Å². The minimum absolute atomic E-state index is 0.0272. The summed E-state index contributed by atoms with van der Waals surface area (Å²) in [6.45, 7) is 7.43. The summed E-state index contributed by atoms with van der Waals surface area (Å²) in [6, 6.07) is 16.8. The van der Waals surface area contributed by atoms with Gasteiger partial charge in [-0.25, -0.2) is 0 Å². The van der Waals surface area contributed by atoms with Crippen molar-refractivity contribution in [2.45, 2.75) is 19.9 Å². The molecule has 1 fully saturated rings. The number of nitrogens with one attached hydrogen (secondary N) is 1. The molecule has 3 rings (SSSR count). The molecule has 5 heteroatoms. The SMILES string of the molecule is CC(=O)NCCc1ccc(CN2CCN(c3ccc(Cl)cc3)CC2)cc1. The highest BCUT2D eigenvalue weighted by Gasteiger charge is 2.17. The van der Waals surface area contributed by atoms with E-state index in [1.807, 2.05) is 12.1 Å². The van der Waals surface area contributed by atoms with Gasteiger partial charge < -0.3 is 10.2 Å². The number of piperazine rings is 1. The fourth-order valence-corrected chi connectivity index (χ4v) is 3.39. The monoisotopic (exact) mass is 371 g/mol. The molecule has 0 bridgehead atoms. The van der Waals surface area contributed by atoms with Gasteiger partial charge in [-0.1, -0.05) is 35.9 Å². The van der Waals surface area contributed by atoms with Crippen LogP contribution in [0, 0.1) is 0 Å². The Balaban J connectivity index is 1.45. The van der Waals surface area contributed by atoms with Gasteiger partial charge in [0.2, 0.25) is 5.91 Å². The van der Waals surface area contributed by atoms with Crippen molar-refractivity contribution >= 4 is 23.2 Å². The molecule has 1 amide bonds. The lowest BCUT2D eigenvalue weighted by Crippen LogP contribution is -2.45. The van der Waals surface area contributed by atoms with Crippen LogP contribution in [0.15, 0.2) is 48.5 Å². The lowest BCUT2D eigenvalue weighted by Gasteiger charge is -2.36. The van der Waals surface area contributed by atoms with Crippen molar-refractivity contribution in [2.75, 3.05) is 37.6 Å². The highest BCUT2D eigenvalue weighted by atomic mass is 35.5. The summed E-state index contributed by atoms with van der Waals surface area (Å²) in [6.07, 6.45) is 0.875. The standard InChI is InChI=1S/C21H26ClN3O/c1-17(26)23-11-10-18-2-4-19(5-3-18)16-24-12-14-25(15-13-24)21-8-6-20(22)7-9-21/h2-9H,10-16H2,1H3,(H,23,26). The average molecular weight is 372 g/mol. The second kappa shape index (κ2) is 9.06. The Kier molecular flexibility index (Phi) is 6.53. The number of anilines is 1. The van der Waals surface area contributed by atoms with E-state index in [0.717, 1.165) is 44.2 Å². The van der Waals surface area contributed by atoms with Crippen molar-refractivity contribution in [3.63, 3.8) is 0 Å². The van der Waals surface area contributed by atoms with E-state index < -0.39 is 0 Å². The van der Waals surface area contributed by atoms with Gasteiger partial charge in [-0.05, 0) is 41.8 Å². The van der Waals surface area contributed by atoms with Gasteiger partial charge in [0.25, 0.3) is 0 Å². The van der Waals surface area contributed by atoms with Crippen LogP contribution in [0.2, 0.25) is 5.02 Å². The van der Waals surface area contributed by atoms with Crippen LogP contribution >= 0.6 is 11.6 Å². The number of carbonyl (C=O) groups excluding carboxylic acids is 1. The number of hydrogen-bond acceptors (Lipinski definition) is 3. The molecular weight excluding hydrogens is 346 g/mol. The Labute approximate surface area is 160 Å². The van der Waals surface area contributed by atoms with Crippen LogP contribution in [-0.2, 0) is 17.8 Å². The predicted octanol–water partition coefficient (Wildman–Crippen LogP) is 3.34. The molecule has 1 heterocycles. The van der Waals surface area contributed by atoms with E-state index in [1.165, 1.54) is 16.8 Å². The summed E-state index contributed by atoms with van der Waals surface area (Å²) in [5.74, 6) is 0.0272. The van der Waals surface area contributed by atoms with Gasteiger partial charge in [0.1, 0.15) is 0 Å². The predicted molar refractivity (Wildman–Crippen MR) is 108 cm³/mol. The van der Waals surface area contributed by atoms with Crippen LogP contribution in [0.5, 0.6) is 0 Å². The topological polar surface area (TPSA) is 35.6 Å². The highest BCUT2D eigenvalue weighted by Crippen LogP contribution is 2.20. The first-order chi connectivity index (χ1) is 12.6. The van der Waals surface area contributed by atoms with E-state index in [0.29, 0.717) is 6.54 Å². The third-order valence-corrected chi connectivity index (χ3v) is 5.03. The molecule has 1 saturated heterocycles. The first-order valence-corrected chi connectivity index (χ1v) is 9.53. The van der Waals surface area contributed by atoms with Crippen molar-refractivity contribution in [1.82, 2.24) is 10.2 Å². The molecule has 0 spiro atoms. The smallest absolute Gasteiger partial charge is 0.216 e. The van der Waals surface area contributed by atoms with Crippen molar-refractivity contribution in [3.8, 4) is 0 Å². The third-order valence-electron chi connectivity index (χ3n) is 4.78. The lowest BCUT2D eigenvalue weighted by atomic mass is 10.1. The fraction of sp³-hybridized carbons (Fsp3) is 0.381. The molecule has 1 aliphatic rings. The van der Waals surface area contributed by atoms with Crippen LogP contribution in [0.3, 0.4) is 0 Å². The molecule has 2 aromatic rings. The first kappa shape index (κ1) is 18.7. The van der Waals surface area contributed by atoms with Crippen LogP contribution in [0.1, 0.15) is 18.1 Å². The Hall–Kier alpha value is -2.04. The number of rotatable bonds is 6. The summed E-state index contributed by atoms with van der Waals surface area (Å²) in [5.41, 5.74) is 3.85. The zero-order chi connectivity index (χ0) is 18.4. The second-order valence-electron chi connectivity index (χ2n) is 6.79. The molecular formula is C21H26ClN3O. The van der Waals surface area contributed by atoms with Gasteiger partial charge in [-0.15, -0.1) is 0 Å². The summed E-state index contributed by atoms with van der Waals surface area (Å²) in [7, 11) is 0. The maximum Gasteiger partial charge on any atom is 0.216 e. The first-order valence-electron chi connectivity index (χ1n) is 9.15. The molecule has 0 atom stereocenters. The van der Waals surface area contributed by atoms with E-state index in [4.69, 9.17) is 11.6 Å². The third kappa shape index (κ3) is 5.48. The van der Waals surface area contributed by atoms with Crippen molar-refractivity contribution < 1.29 is 4.79 Å². The Bertz CT molecular complexity index is 707. The van der Waals surface area contributed by atoms with Crippen LogP contribution in [-0.4, -0.2) is 43.5 Å². The van der Waals surface area contributed by atoms with E-state index in [1.54, 1.807) is 6.92 Å². The number of carbonyl (C=O) groups is 1. The Morgan fingerprint density at radius 3 is 2.19 bits per heavy atom. The Morgan fingerprint density at radius 1 is 0.962 bits per heavy atom.